The van der Waals surface area contributed by atoms with Crippen molar-refractivity contribution >= 4 is 0 Å². The van der Waals surface area contributed by atoms with Crippen molar-refractivity contribution in [3.8, 4) is 0 Å². The highest BCUT2D eigenvalue weighted by atomic mass is 16.5. The molecule has 1 atom stereocenters. The maximum atomic E-state index is 5.84. The monoisotopic (exact) mass is 296 g/mol. The largest absolute Gasteiger partial charge is 0.381 e. The molecule has 2 fully saturated rings. The van der Waals surface area contributed by atoms with Crippen molar-refractivity contribution in [1.29, 1.82) is 0 Å². The summed E-state index contributed by atoms with van der Waals surface area (Å²) in [5.74, 6) is 0.989. The van der Waals surface area contributed by atoms with Crippen molar-refractivity contribution in [3.63, 3.8) is 0 Å². The lowest BCUT2D eigenvalue weighted by Gasteiger charge is -2.43. The first-order valence-corrected chi connectivity index (χ1v) is 9.18. The Morgan fingerprint density at radius 2 is 1.95 bits per heavy atom. The predicted octanol–water partition coefficient (Wildman–Crippen LogP) is 3.29. The van der Waals surface area contributed by atoms with E-state index in [1.165, 1.54) is 51.5 Å². The molecular weight excluding hydrogens is 260 g/mol. The summed E-state index contributed by atoms with van der Waals surface area (Å²) in [5.41, 5.74) is 0.338. The SMILES string of the molecule is CCNCC1(CN(C)C2CCC(CC)CC2)CCCOC1. The summed E-state index contributed by atoms with van der Waals surface area (Å²) in [6, 6.07) is 0.799. The molecule has 2 aliphatic rings. The van der Waals surface area contributed by atoms with E-state index in [-0.39, 0.29) is 0 Å². The molecule has 124 valence electrons. The van der Waals surface area contributed by atoms with Gasteiger partial charge in [0.25, 0.3) is 0 Å². The highest BCUT2D eigenvalue weighted by Gasteiger charge is 2.35. The van der Waals surface area contributed by atoms with Crippen molar-refractivity contribution in [2.45, 2.75) is 64.8 Å². The standard InChI is InChI=1S/C18H36N2O/c1-4-16-7-9-17(10-8-16)20(3)14-18(13-19-5-2)11-6-12-21-15-18/h16-17,19H,4-15H2,1-3H3. The molecule has 0 amide bonds. The summed E-state index contributed by atoms with van der Waals surface area (Å²) in [5, 5.41) is 3.58. The molecule has 0 aromatic rings. The number of nitrogens with one attached hydrogen (secondary N) is 1. The van der Waals surface area contributed by atoms with Gasteiger partial charge in [0.2, 0.25) is 0 Å². The van der Waals surface area contributed by atoms with E-state index in [2.05, 4.69) is 31.1 Å². The normalized spacial score (nSPS) is 34.3. The zero-order valence-electron chi connectivity index (χ0n) is 14.5. The van der Waals surface area contributed by atoms with Gasteiger partial charge < -0.3 is 15.0 Å². The lowest BCUT2D eigenvalue weighted by Crippen LogP contribution is -2.50. The van der Waals surface area contributed by atoms with Crippen LogP contribution in [-0.4, -0.2) is 50.8 Å². The maximum absolute atomic E-state index is 5.84. The summed E-state index contributed by atoms with van der Waals surface area (Å²) in [6.45, 7) is 9.81. The van der Waals surface area contributed by atoms with E-state index in [0.717, 1.165) is 38.3 Å². The Morgan fingerprint density at radius 3 is 2.52 bits per heavy atom. The molecule has 0 aromatic heterocycles. The molecule has 0 aromatic carbocycles. The molecule has 1 saturated heterocycles. The average Bonchev–Trinajstić information content (AvgIpc) is 2.54. The summed E-state index contributed by atoms with van der Waals surface area (Å²) in [6.07, 6.45) is 9.57. The lowest BCUT2D eigenvalue weighted by atomic mass is 9.79. The van der Waals surface area contributed by atoms with Gasteiger partial charge in [-0.3, -0.25) is 0 Å². The van der Waals surface area contributed by atoms with E-state index in [4.69, 9.17) is 4.74 Å². The number of rotatable bonds is 7. The fourth-order valence-corrected chi connectivity index (χ4v) is 4.27. The molecule has 0 bridgehead atoms. The van der Waals surface area contributed by atoms with Gasteiger partial charge in [0.1, 0.15) is 0 Å². The summed E-state index contributed by atoms with van der Waals surface area (Å²) in [7, 11) is 2.35. The van der Waals surface area contributed by atoms with Crippen LogP contribution in [0, 0.1) is 11.3 Å². The minimum atomic E-state index is 0.338. The van der Waals surface area contributed by atoms with Gasteiger partial charge in [-0.05, 0) is 58.0 Å². The Kier molecular flexibility index (Phi) is 6.97. The second-order valence-corrected chi connectivity index (χ2v) is 7.43. The van der Waals surface area contributed by atoms with Crippen LogP contribution in [-0.2, 0) is 4.74 Å². The summed E-state index contributed by atoms with van der Waals surface area (Å²) >= 11 is 0. The van der Waals surface area contributed by atoms with Crippen molar-refractivity contribution in [2.24, 2.45) is 11.3 Å². The first-order valence-electron chi connectivity index (χ1n) is 9.18. The Hall–Kier alpha value is -0.120. The Balaban J connectivity index is 1.87. The van der Waals surface area contributed by atoms with Crippen LogP contribution in [0.1, 0.15) is 58.8 Å². The average molecular weight is 296 g/mol. The molecule has 1 saturated carbocycles. The van der Waals surface area contributed by atoms with Crippen LogP contribution in [0.4, 0.5) is 0 Å². The third-order valence-electron chi connectivity index (χ3n) is 5.76. The van der Waals surface area contributed by atoms with Gasteiger partial charge in [-0.15, -0.1) is 0 Å². The Labute approximate surface area is 131 Å². The van der Waals surface area contributed by atoms with Gasteiger partial charge in [0.15, 0.2) is 0 Å². The van der Waals surface area contributed by atoms with Gasteiger partial charge in [0.05, 0.1) is 6.61 Å². The summed E-state index contributed by atoms with van der Waals surface area (Å²) in [4.78, 5) is 2.65. The molecule has 3 heteroatoms. The van der Waals surface area contributed by atoms with Crippen LogP contribution in [0.5, 0.6) is 0 Å². The number of ether oxygens (including phenoxy) is 1. The molecule has 21 heavy (non-hydrogen) atoms. The first-order chi connectivity index (χ1) is 10.2. The molecular formula is C18H36N2O. The van der Waals surface area contributed by atoms with Crippen molar-refractivity contribution < 1.29 is 4.74 Å². The van der Waals surface area contributed by atoms with E-state index in [1.54, 1.807) is 0 Å². The van der Waals surface area contributed by atoms with Crippen LogP contribution in [0.15, 0.2) is 0 Å². The zero-order valence-corrected chi connectivity index (χ0v) is 14.5. The molecule has 1 N–H and O–H groups in total. The van der Waals surface area contributed by atoms with Gasteiger partial charge in [0, 0.05) is 31.2 Å². The van der Waals surface area contributed by atoms with Crippen molar-refractivity contribution in [3.05, 3.63) is 0 Å². The summed E-state index contributed by atoms with van der Waals surface area (Å²) < 4.78 is 5.84. The van der Waals surface area contributed by atoms with Gasteiger partial charge in [-0.25, -0.2) is 0 Å². The third-order valence-corrected chi connectivity index (χ3v) is 5.76. The predicted molar refractivity (Wildman–Crippen MR) is 89.7 cm³/mol. The molecule has 0 spiro atoms. The van der Waals surface area contributed by atoms with E-state index in [1.807, 2.05) is 0 Å². The molecule has 1 aliphatic carbocycles. The Morgan fingerprint density at radius 1 is 1.19 bits per heavy atom. The quantitative estimate of drug-likeness (QED) is 0.780. The highest BCUT2D eigenvalue weighted by Crippen LogP contribution is 2.33. The molecule has 2 rings (SSSR count). The molecule has 1 heterocycles. The van der Waals surface area contributed by atoms with Gasteiger partial charge in [-0.1, -0.05) is 20.3 Å². The molecule has 3 nitrogen and oxygen atoms in total. The number of hydrogen-bond acceptors (Lipinski definition) is 3. The first kappa shape index (κ1) is 17.2. The van der Waals surface area contributed by atoms with Crippen LogP contribution < -0.4 is 5.32 Å². The van der Waals surface area contributed by atoms with Gasteiger partial charge >= 0.3 is 0 Å². The van der Waals surface area contributed by atoms with Crippen LogP contribution in [0.2, 0.25) is 0 Å². The molecule has 1 aliphatic heterocycles. The van der Waals surface area contributed by atoms with Crippen LogP contribution in [0.25, 0.3) is 0 Å². The molecule has 1 unspecified atom stereocenters. The minimum Gasteiger partial charge on any atom is -0.381 e. The van der Waals surface area contributed by atoms with E-state index in [0.29, 0.717) is 5.41 Å². The fraction of sp³-hybridized carbons (Fsp3) is 1.00. The van der Waals surface area contributed by atoms with E-state index >= 15 is 0 Å². The maximum Gasteiger partial charge on any atom is 0.0546 e. The second kappa shape index (κ2) is 8.50. The third kappa shape index (κ3) is 4.94. The lowest BCUT2D eigenvalue weighted by molar-refractivity contribution is -0.0312. The van der Waals surface area contributed by atoms with Crippen molar-refractivity contribution in [1.82, 2.24) is 10.2 Å². The topological polar surface area (TPSA) is 24.5 Å². The number of hydrogen-bond donors (Lipinski definition) is 1. The van der Waals surface area contributed by atoms with E-state index < -0.39 is 0 Å². The fourth-order valence-electron chi connectivity index (χ4n) is 4.27. The smallest absolute Gasteiger partial charge is 0.0546 e. The number of nitrogens with zero attached hydrogens (tertiary/aromatic N) is 1. The zero-order chi connectivity index (χ0) is 15.1. The molecule has 0 radical (unpaired) electrons. The van der Waals surface area contributed by atoms with Gasteiger partial charge in [-0.2, -0.15) is 0 Å². The van der Waals surface area contributed by atoms with Crippen molar-refractivity contribution in [2.75, 3.05) is 39.9 Å². The Bertz CT molecular complexity index is 281. The highest BCUT2D eigenvalue weighted by molar-refractivity contribution is 4.89. The van der Waals surface area contributed by atoms with E-state index in [9.17, 15) is 0 Å². The second-order valence-electron chi connectivity index (χ2n) is 7.43. The van der Waals surface area contributed by atoms with Crippen LogP contribution >= 0.6 is 0 Å². The minimum absolute atomic E-state index is 0.338. The van der Waals surface area contributed by atoms with Crippen LogP contribution in [0.3, 0.4) is 0 Å².